The Labute approximate surface area is 142 Å². The van der Waals surface area contributed by atoms with Crippen LogP contribution < -0.4 is 20.3 Å². The van der Waals surface area contributed by atoms with Crippen LogP contribution in [0, 0.1) is 5.92 Å². The number of carbonyl (C=O) groups is 2. The zero-order valence-electron chi connectivity index (χ0n) is 14.2. The normalized spacial score (nSPS) is 17.2. The van der Waals surface area contributed by atoms with Gasteiger partial charge >= 0.3 is 0 Å². The summed E-state index contributed by atoms with van der Waals surface area (Å²) in [4.78, 5) is 26.1. The van der Waals surface area contributed by atoms with Crippen LogP contribution in [-0.4, -0.2) is 58.8 Å². The number of anilines is 1. The van der Waals surface area contributed by atoms with Crippen molar-refractivity contribution in [3.05, 3.63) is 24.3 Å². The lowest BCUT2D eigenvalue weighted by Gasteiger charge is -2.19. The van der Waals surface area contributed by atoms with Crippen LogP contribution in [0.15, 0.2) is 24.3 Å². The number of methoxy groups -OCH3 is 2. The average molecular weight is 335 g/mol. The minimum absolute atomic E-state index is 0.0575. The predicted molar refractivity (Wildman–Crippen MR) is 91.2 cm³/mol. The molecule has 0 spiro atoms. The Morgan fingerprint density at radius 2 is 2.04 bits per heavy atom. The fourth-order valence-electron chi connectivity index (χ4n) is 2.69. The van der Waals surface area contributed by atoms with Crippen molar-refractivity contribution in [2.75, 3.05) is 51.9 Å². The summed E-state index contributed by atoms with van der Waals surface area (Å²) >= 11 is 0. The smallest absolute Gasteiger partial charge is 0.227 e. The lowest BCUT2D eigenvalue weighted by atomic mass is 10.1. The van der Waals surface area contributed by atoms with E-state index in [0.29, 0.717) is 37.7 Å². The molecule has 0 bridgehead atoms. The molecule has 7 heteroatoms. The highest BCUT2D eigenvalue weighted by molar-refractivity contribution is 6.01. The molecule has 1 atom stereocenters. The molecular formula is C17H25N3O4. The van der Waals surface area contributed by atoms with Gasteiger partial charge in [-0.2, -0.15) is 0 Å². The summed E-state index contributed by atoms with van der Waals surface area (Å²) in [5.41, 5.74) is 0.710. The van der Waals surface area contributed by atoms with Crippen LogP contribution >= 0.6 is 0 Å². The molecule has 0 radical (unpaired) electrons. The molecule has 0 aliphatic carbocycles. The van der Waals surface area contributed by atoms with E-state index >= 15 is 0 Å². The minimum Gasteiger partial charge on any atom is -0.495 e. The van der Waals surface area contributed by atoms with Gasteiger partial charge in [0.25, 0.3) is 0 Å². The van der Waals surface area contributed by atoms with Crippen molar-refractivity contribution in [2.24, 2.45) is 5.92 Å². The molecule has 1 aromatic rings. The molecule has 1 aromatic carbocycles. The topological polar surface area (TPSA) is 79.9 Å². The number of nitrogens with one attached hydrogen (secondary N) is 2. The zero-order chi connectivity index (χ0) is 17.4. The highest BCUT2D eigenvalue weighted by atomic mass is 16.5. The number of carbonyl (C=O) groups excluding carboxylic acids is 2. The lowest BCUT2D eigenvalue weighted by molar-refractivity contribution is -0.126. The number of hydrogen-bond acceptors (Lipinski definition) is 5. The van der Waals surface area contributed by atoms with Crippen LogP contribution in [-0.2, 0) is 14.3 Å². The van der Waals surface area contributed by atoms with E-state index in [2.05, 4.69) is 10.6 Å². The van der Waals surface area contributed by atoms with E-state index in [4.69, 9.17) is 9.47 Å². The summed E-state index contributed by atoms with van der Waals surface area (Å²) in [6.07, 6.45) is 0.223. The molecule has 1 unspecified atom stereocenters. The molecule has 0 aromatic heterocycles. The van der Waals surface area contributed by atoms with Gasteiger partial charge in [0, 0.05) is 39.7 Å². The second-order valence-corrected chi connectivity index (χ2v) is 5.61. The number of ether oxygens (including phenoxy) is 2. The van der Waals surface area contributed by atoms with Gasteiger partial charge < -0.3 is 25.0 Å². The maximum atomic E-state index is 12.3. The third kappa shape index (κ3) is 4.69. The first kappa shape index (κ1) is 18.2. The predicted octanol–water partition coefficient (Wildman–Crippen LogP) is 0.400. The third-order valence-corrected chi connectivity index (χ3v) is 3.96. The maximum absolute atomic E-state index is 12.3. The molecule has 132 valence electrons. The van der Waals surface area contributed by atoms with Crippen molar-refractivity contribution in [3.8, 4) is 5.75 Å². The van der Waals surface area contributed by atoms with Crippen LogP contribution in [0.1, 0.15) is 6.42 Å². The van der Waals surface area contributed by atoms with E-state index in [1.807, 2.05) is 24.3 Å². The monoisotopic (exact) mass is 335 g/mol. The molecule has 2 rings (SSSR count). The standard InChI is InChI=1S/C17H25N3O4/c1-23-10-9-18-7-8-19-17(22)13-11-16(21)20(12-13)14-5-3-4-6-15(14)24-2/h3-6,13,18H,7-12H2,1-2H3,(H,19,22). The second-order valence-electron chi connectivity index (χ2n) is 5.61. The fraction of sp³-hybridized carbons (Fsp3) is 0.529. The molecule has 1 saturated heterocycles. The van der Waals surface area contributed by atoms with Crippen LogP contribution in [0.25, 0.3) is 0 Å². The molecule has 24 heavy (non-hydrogen) atoms. The highest BCUT2D eigenvalue weighted by Gasteiger charge is 2.35. The molecule has 1 fully saturated rings. The first-order valence-corrected chi connectivity index (χ1v) is 8.08. The van der Waals surface area contributed by atoms with Gasteiger partial charge in [0.2, 0.25) is 11.8 Å². The molecule has 1 aliphatic rings. The Bertz CT molecular complexity index is 565. The molecule has 2 amide bonds. The zero-order valence-corrected chi connectivity index (χ0v) is 14.2. The molecule has 7 nitrogen and oxygen atoms in total. The second kappa shape index (κ2) is 9.24. The Hall–Kier alpha value is -2.12. The van der Waals surface area contributed by atoms with Crippen LogP contribution in [0.3, 0.4) is 0 Å². The SMILES string of the molecule is COCCNCCNC(=O)C1CC(=O)N(c2ccccc2OC)C1. The van der Waals surface area contributed by atoms with E-state index < -0.39 is 0 Å². The van der Waals surface area contributed by atoms with Crippen molar-refractivity contribution < 1.29 is 19.1 Å². The van der Waals surface area contributed by atoms with E-state index in [9.17, 15) is 9.59 Å². The average Bonchev–Trinajstić information content (AvgIpc) is 2.99. The summed E-state index contributed by atoms with van der Waals surface area (Å²) in [6.45, 7) is 2.96. The number of rotatable bonds is 9. The van der Waals surface area contributed by atoms with Crippen LogP contribution in [0.4, 0.5) is 5.69 Å². The van der Waals surface area contributed by atoms with Gasteiger partial charge in [-0.3, -0.25) is 9.59 Å². The lowest BCUT2D eigenvalue weighted by Crippen LogP contribution is -2.37. The molecule has 1 heterocycles. The molecular weight excluding hydrogens is 310 g/mol. The number of hydrogen-bond donors (Lipinski definition) is 2. The number of nitrogens with zero attached hydrogens (tertiary/aromatic N) is 1. The highest BCUT2D eigenvalue weighted by Crippen LogP contribution is 2.32. The van der Waals surface area contributed by atoms with Gasteiger partial charge in [0.1, 0.15) is 5.75 Å². The number of amides is 2. The maximum Gasteiger partial charge on any atom is 0.227 e. The van der Waals surface area contributed by atoms with Gasteiger partial charge in [0.15, 0.2) is 0 Å². The Morgan fingerprint density at radius 3 is 2.79 bits per heavy atom. The molecule has 1 aliphatic heterocycles. The molecule has 0 saturated carbocycles. The fourth-order valence-corrected chi connectivity index (χ4v) is 2.69. The van der Waals surface area contributed by atoms with Crippen LogP contribution in [0.2, 0.25) is 0 Å². The van der Waals surface area contributed by atoms with Gasteiger partial charge in [-0.1, -0.05) is 12.1 Å². The van der Waals surface area contributed by atoms with Gasteiger partial charge in [-0.25, -0.2) is 0 Å². The summed E-state index contributed by atoms with van der Waals surface area (Å²) < 4.78 is 10.2. The van der Waals surface area contributed by atoms with E-state index in [-0.39, 0.29) is 24.2 Å². The third-order valence-electron chi connectivity index (χ3n) is 3.96. The summed E-state index contributed by atoms with van der Waals surface area (Å²) in [5.74, 6) is 0.155. The summed E-state index contributed by atoms with van der Waals surface area (Å²) in [5, 5.41) is 6.03. The summed E-state index contributed by atoms with van der Waals surface area (Å²) in [6, 6.07) is 7.34. The van der Waals surface area contributed by atoms with Crippen molar-refractivity contribution >= 4 is 17.5 Å². The first-order chi connectivity index (χ1) is 11.7. The first-order valence-electron chi connectivity index (χ1n) is 8.08. The van der Waals surface area contributed by atoms with Gasteiger partial charge in [0.05, 0.1) is 25.3 Å². The van der Waals surface area contributed by atoms with Crippen molar-refractivity contribution in [1.82, 2.24) is 10.6 Å². The Kier molecular flexibility index (Phi) is 7.02. The van der Waals surface area contributed by atoms with Gasteiger partial charge in [-0.05, 0) is 12.1 Å². The van der Waals surface area contributed by atoms with Crippen molar-refractivity contribution in [1.29, 1.82) is 0 Å². The number of para-hydroxylation sites is 2. The Balaban J connectivity index is 1.84. The quantitative estimate of drug-likeness (QED) is 0.639. The van der Waals surface area contributed by atoms with Crippen molar-refractivity contribution in [2.45, 2.75) is 6.42 Å². The van der Waals surface area contributed by atoms with E-state index in [0.717, 1.165) is 6.54 Å². The minimum atomic E-state index is -0.332. The van der Waals surface area contributed by atoms with Crippen LogP contribution in [0.5, 0.6) is 5.75 Å². The van der Waals surface area contributed by atoms with Crippen molar-refractivity contribution in [3.63, 3.8) is 0 Å². The summed E-state index contributed by atoms with van der Waals surface area (Å²) in [7, 11) is 3.22. The van der Waals surface area contributed by atoms with E-state index in [1.54, 1.807) is 19.1 Å². The molecule has 2 N–H and O–H groups in total. The Morgan fingerprint density at radius 1 is 1.25 bits per heavy atom. The largest absolute Gasteiger partial charge is 0.495 e. The van der Waals surface area contributed by atoms with E-state index in [1.165, 1.54) is 0 Å². The van der Waals surface area contributed by atoms with Gasteiger partial charge in [-0.15, -0.1) is 0 Å². The number of benzene rings is 1.